The Bertz CT molecular complexity index is 589. The van der Waals surface area contributed by atoms with E-state index in [9.17, 15) is 14.3 Å². The molecule has 19 heavy (non-hydrogen) atoms. The maximum absolute atomic E-state index is 13.0. The number of carboxylic acids is 1. The van der Waals surface area contributed by atoms with Crippen molar-refractivity contribution in [1.82, 2.24) is 0 Å². The molecule has 2 rings (SSSR count). The second-order valence-corrected chi connectivity index (χ2v) is 5.11. The second-order valence-electron chi connectivity index (χ2n) is 3.95. The molecule has 0 saturated heterocycles. The molecule has 0 spiro atoms. The maximum atomic E-state index is 13.0. The normalized spacial score (nSPS) is 11.9. The minimum atomic E-state index is -0.980. The van der Waals surface area contributed by atoms with Gasteiger partial charge in [-0.15, -0.1) is 0 Å². The Morgan fingerprint density at radius 1 is 1.21 bits per heavy atom. The standard InChI is InChI=1S/C14H11FINO2/c15-10-6-7-12(11(16)8-10)17-13(14(18)19)9-4-2-1-3-5-9/h1-8,13,17H,(H,18,19). The lowest BCUT2D eigenvalue weighted by atomic mass is 10.1. The van der Waals surface area contributed by atoms with Crippen LogP contribution in [0, 0.1) is 9.39 Å². The summed E-state index contributed by atoms with van der Waals surface area (Å²) in [5.74, 6) is -1.33. The van der Waals surface area contributed by atoms with Crippen molar-refractivity contribution in [3.8, 4) is 0 Å². The van der Waals surface area contributed by atoms with E-state index in [4.69, 9.17) is 0 Å². The first-order valence-electron chi connectivity index (χ1n) is 5.57. The van der Waals surface area contributed by atoms with Crippen molar-refractivity contribution < 1.29 is 14.3 Å². The average molecular weight is 371 g/mol. The van der Waals surface area contributed by atoms with Gasteiger partial charge in [-0.25, -0.2) is 9.18 Å². The van der Waals surface area contributed by atoms with Gasteiger partial charge in [0.05, 0.1) is 0 Å². The Morgan fingerprint density at radius 3 is 2.47 bits per heavy atom. The zero-order valence-electron chi connectivity index (χ0n) is 9.81. The fraction of sp³-hybridized carbons (Fsp3) is 0.0714. The highest BCUT2D eigenvalue weighted by atomic mass is 127. The van der Waals surface area contributed by atoms with Crippen LogP contribution >= 0.6 is 22.6 Å². The van der Waals surface area contributed by atoms with Crippen LogP contribution in [0.3, 0.4) is 0 Å². The molecule has 3 nitrogen and oxygen atoms in total. The molecule has 0 heterocycles. The first kappa shape index (κ1) is 13.8. The highest BCUT2D eigenvalue weighted by molar-refractivity contribution is 14.1. The van der Waals surface area contributed by atoms with E-state index in [0.717, 1.165) is 0 Å². The van der Waals surface area contributed by atoms with Crippen molar-refractivity contribution in [2.24, 2.45) is 0 Å². The smallest absolute Gasteiger partial charge is 0.330 e. The van der Waals surface area contributed by atoms with E-state index in [2.05, 4.69) is 5.32 Å². The summed E-state index contributed by atoms with van der Waals surface area (Å²) in [6.07, 6.45) is 0. The molecule has 0 bridgehead atoms. The van der Waals surface area contributed by atoms with E-state index in [1.165, 1.54) is 18.2 Å². The molecule has 98 valence electrons. The van der Waals surface area contributed by atoms with Crippen molar-refractivity contribution >= 4 is 34.2 Å². The van der Waals surface area contributed by atoms with Crippen LogP contribution in [-0.2, 0) is 4.79 Å². The predicted molar refractivity (Wildman–Crippen MR) is 79.6 cm³/mol. The Hall–Kier alpha value is -1.63. The molecular formula is C14H11FINO2. The first-order chi connectivity index (χ1) is 9.08. The van der Waals surface area contributed by atoms with E-state index in [-0.39, 0.29) is 5.82 Å². The summed E-state index contributed by atoms with van der Waals surface area (Å²) in [5, 5.41) is 12.2. The molecule has 0 aliphatic rings. The molecular weight excluding hydrogens is 360 g/mol. The van der Waals surface area contributed by atoms with E-state index >= 15 is 0 Å². The van der Waals surface area contributed by atoms with Gasteiger partial charge in [-0.2, -0.15) is 0 Å². The quantitative estimate of drug-likeness (QED) is 0.807. The molecule has 2 N–H and O–H groups in total. The number of rotatable bonds is 4. The molecule has 2 aromatic rings. The van der Waals surface area contributed by atoms with Gasteiger partial charge in [0.15, 0.2) is 6.04 Å². The lowest BCUT2D eigenvalue weighted by Crippen LogP contribution is -2.20. The molecule has 0 radical (unpaired) electrons. The molecule has 2 aromatic carbocycles. The summed E-state index contributed by atoms with van der Waals surface area (Å²) >= 11 is 1.97. The van der Waals surface area contributed by atoms with Crippen LogP contribution in [-0.4, -0.2) is 11.1 Å². The molecule has 0 aromatic heterocycles. The zero-order valence-corrected chi connectivity index (χ0v) is 12.0. The lowest BCUT2D eigenvalue weighted by Gasteiger charge is -2.17. The predicted octanol–water partition coefficient (Wildman–Crippen LogP) is 3.67. The van der Waals surface area contributed by atoms with Crippen molar-refractivity contribution in [3.05, 3.63) is 63.5 Å². The highest BCUT2D eigenvalue weighted by Gasteiger charge is 2.20. The molecule has 1 atom stereocenters. The topological polar surface area (TPSA) is 49.3 Å². The van der Waals surface area contributed by atoms with Gasteiger partial charge in [-0.05, 0) is 46.4 Å². The number of halogens is 2. The maximum Gasteiger partial charge on any atom is 0.330 e. The van der Waals surface area contributed by atoms with Crippen LogP contribution in [0.25, 0.3) is 0 Å². The number of nitrogens with one attached hydrogen (secondary N) is 1. The molecule has 1 unspecified atom stereocenters. The van der Waals surface area contributed by atoms with E-state index < -0.39 is 12.0 Å². The third kappa shape index (κ3) is 3.44. The fourth-order valence-corrected chi connectivity index (χ4v) is 2.33. The Labute approximate surface area is 123 Å². The molecule has 0 aliphatic heterocycles. The van der Waals surface area contributed by atoms with Crippen LogP contribution in [0.15, 0.2) is 48.5 Å². The third-order valence-electron chi connectivity index (χ3n) is 2.61. The van der Waals surface area contributed by atoms with E-state index in [1.807, 2.05) is 28.7 Å². The number of hydrogen-bond donors (Lipinski definition) is 2. The number of benzene rings is 2. The Kier molecular flexibility index (Phi) is 4.36. The van der Waals surface area contributed by atoms with Crippen molar-refractivity contribution in [2.45, 2.75) is 6.04 Å². The van der Waals surface area contributed by atoms with Crippen LogP contribution in [0.1, 0.15) is 11.6 Å². The summed E-state index contributed by atoms with van der Waals surface area (Å²) in [6.45, 7) is 0. The molecule has 0 fully saturated rings. The summed E-state index contributed by atoms with van der Waals surface area (Å²) in [7, 11) is 0. The summed E-state index contributed by atoms with van der Waals surface area (Å²) in [5.41, 5.74) is 1.24. The molecule has 5 heteroatoms. The van der Waals surface area contributed by atoms with Gasteiger partial charge in [0.2, 0.25) is 0 Å². The second kappa shape index (κ2) is 6.01. The third-order valence-corrected chi connectivity index (χ3v) is 3.50. The van der Waals surface area contributed by atoms with Gasteiger partial charge in [-0.1, -0.05) is 30.3 Å². The largest absolute Gasteiger partial charge is 0.479 e. The van der Waals surface area contributed by atoms with Crippen molar-refractivity contribution in [2.75, 3.05) is 5.32 Å². The summed E-state index contributed by atoms with van der Waals surface area (Å²) < 4.78 is 13.7. The fourth-order valence-electron chi connectivity index (χ4n) is 1.70. The van der Waals surface area contributed by atoms with Gasteiger partial charge < -0.3 is 10.4 Å². The highest BCUT2D eigenvalue weighted by Crippen LogP contribution is 2.24. The lowest BCUT2D eigenvalue weighted by molar-refractivity contribution is -0.138. The van der Waals surface area contributed by atoms with E-state index in [1.54, 1.807) is 24.3 Å². The summed E-state index contributed by atoms with van der Waals surface area (Å²) in [4.78, 5) is 11.3. The molecule has 0 saturated carbocycles. The van der Waals surface area contributed by atoms with Gasteiger partial charge in [0, 0.05) is 9.26 Å². The number of carboxylic acid groups (broad SMARTS) is 1. The van der Waals surface area contributed by atoms with Gasteiger partial charge in [-0.3, -0.25) is 0 Å². The first-order valence-corrected chi connectivity index (χ1v) is 6.65. The Balaban J connectivity index is 2.29. The average Bonchev–Trinajstić information content (AvgIpc) is 2.38. The molecule has 0 aliphatic carbocycles. The van der Waals surface area contributed by atoms with E-state index in [0.29, 0.717) is 14.8 Å². The van der Waals surface area contributed by atoms with Crippen LogP contribution < -0.4 is 5.32 Å². The van der Waals surface area contributed by atoms with Crippen molar-refractivity contribution in [1.29, 1.82) is 0 Å². The minimum Gasteiger partial charge on any atom is -0.479 e. The van der Waals surface area contributed by atoms with Crippen LogP contribution in [0.4, 0.5) is 10.1 Å². The summed E-state index contributed by atoms with van der Waals surface area (Å²) in [6, 6.07) is 12.2. The SMILES string of the molecule is O=C(O)C(Nc1ccc(F)cc1I)c1ccccc1. The Morgan fingerprint density at radius 2 is 1.89 bits per heavy atom. The van der Waals surface area contributed by atoms with Gasteiger partial charge >= 0.3 is 5.97 Å². The number of aliphatic carboxylic acids is 1. The van der Waals surface area contributed by atoms with Gasteiger partial charge in [0.25, 0.3) is 0 Å². The minimum absolute atomic E-state index is 0.346. The number of hydrogen-bond acceptors (Lipinski definition) is 2. The molecule has 0 amide bonds. The van der Waals surface area contributed by atoms with Crippen LogP contribution in [0.2, 0.25) is 0 Å². The monoisotopic (exact) mass is 371 g/mol. The van der Waals surface area contributed by atoms with Gasteiger partial charge in [0.1, 0.15) is 5.82 Å². The number of anilines is 1. The number of carbonyl (C=O) groups is 1. The van der Waals surface area contributed by atoms with Crippen LogP contribution in [0.5, 0.6) is 0 Å². The zero-order chi connectivity index (χ0) is 13.8. The van der Waals surface area contributed by atoms with Crippen molar-refractivity contribution in [3.63, 3.8) is 0 Å².